The first-order valence-electron chi connectivity index (χ1n) is 8.55. The minimum atomic E-state index is -0.172. The second-order valence-electron chi connectivity index (χ2n) is 5.63. The summed E-state index contributed by atoms with van der Waals surface area (Å²) in [4.78, 5) is 12.0. The molecule has 1 N–H and O–H groups in total. The summed E-state index contributed by atoms with van der Waals surface area (Å²) in [6, 6.07) is 13.5. The van der Waals surface area contributed by atoms with E-state index in [1.807, 2.05) is 42.5 Å². The Balaban J connectivity index is 2.00. The van der Waals surface area contributed by atoms with E-state index in [-0.39, 0.29) is 5.91 Å². The van der Waals surface area contributed by atoms with Crippen molar-refractivity contribution >= 4 is 17.7 Å². The molecule has 2 aromatic carbocycles. The second kappa shape index (κ2) is 9.52. The van der Waals surface area contributed by atoms with Crippen LogP contribution in [-0.4, -0.2) is 19.6 Å². The first-order chi connectivity index (χ1) is 12.2. The molecule has 4 heteroatoms. The van der Waals surface area contributed by atoms with E-state index < -0.39 is 0 Å². The van der Waals surface area contributed by atoms with Crippen LogP contribution in [0.25, 0.3) is 6.08 Å². The zero-order chi connectivity index (χ0) is 18.1. The first-order valence-corrected chi connectivity index (χ1v) is 8.55. The van der Waals surface area contributed by atoms with Gasteiger partial charge < -0.3 is 14.8 Å². The fourth-order valence-corrected chi connectivity index (χ4v) is 2.30. The molecule has 0 aliphatic rings. The Morgan fingerprint density at radius 3 is 2.48 bits per heavy atom. The third-order valence-corrected chi connectivity index (χ3v) is 3.71. The van der Waals surface area contributed by atoms with Gasteiger partial charge in [0.25, 0.3) is 0 Å². The number of anilines is 1. The van der Waals surface area contributed by atoms with Gasteiger partial charge in [-0.25, -0.2) is 0 Å². The Morgan fingerprint density at radius 2 is 1.84 bits per heavy atom. The van der Waals surface area contributed by atoms with Crippen molar-refractivity contribution in [2.75, 3.05) is 19.0 Å². The molecule has 0 aliphatic heterocycles. The van der Waals surface area contributed by atoms with Crippen molar-refractivity contribution in [2.45, 2.75) is 26.7 Å². The van der Waals surface area contributed by atoms with Crippen LogP contribution in [0.4, 0.5) is 5.69 Å². The zero-order valence-corrected chi connectivity index (χ0v) is 15.0. The molecule has 25 heavy (non-hydrogen) atoms. The SMILES string of the molecule is CCCOc1ccc(C=CC(=O)Nc2ccc(CC)cc2)cc1OC. The fourth-order valence-electron chi connectivity index (χ4n) is 2.30. The summed E-state index contributed by atoms with van der Waals surface area (Å²) in [6.45, 7) is 4.80. The molecule has 0 radical (unpaired) electrons. The maximum absolute atomic E-state index is 12.0. The van der Waals surface area contributed by atoms with E-state index in [0.717, 1.165) is 24.1 Å². The van der Waals surface area contributed by atoms with Gasteiger partial charge in [0.05, 0.1) is 13.7 Å². The first kappa shape index (κ1) is 18.6. The number of hydrogen-bond acceptors (Lipinski definition) is 3. The summed E-state index contributed by atoms with van der Waals surface area (Å²) >= 11 is 0. The number of hydrogen-bond donors (Lipinski definition) is 1. The topological polar surface area (TPSA) is 47.6 Å². The van der Waals surface area contributed by atoms with Crippen molar-refractivity contribution in [1.82, 2.24) is 0 Å². The van der Waals surface area contributed by atoms with Crippen molar-refractivity contribution in [2.24, 2.45) is 0 Å². The van der Waals surface area contributed by atoms with E-state index in [1.165, 1.54) is 11.6 Å². The Morgan fingerprint density at radius 1 is 1.08 bits per heavy atom. The molecule has 0 atom stereocenters. The van der Waals surface area contributed by atoms with Crippen LogP contribution in [0.15, 0.2) is 48.5 Å². The average Bonchev–Trinajstić information content (AvgIpc) is 2.65. The summed E-state index contributed by atoms with van der Waals surface area (Å²) < 4.78 is 11.0. The summed E-state index contributed by atoms with van der Waals surface area (Å²) in [5.74, 6) is 1.20. The average molecular weight is 339 g/mol. The van der Waals surface area contributed by atoms with Crippen molar-refractivity contribution in [3.05, 3.63) is 59.7 Å². The molecule has 1 amide bonds. The van der Waals surface area contributed by atoms with Crippen LogP contribution in [0.3, 0.4) is 0 Å². The van der Waals surface area contributed by atoms with E-state index in [1.54, 1.807) is 13.2 Å². The van der Waals surface area contributed by atoms with E-state index in [4.69, 9.17) is 9.47 Å². The largest absolute Gasteiger partial charge is 0.493 e. The lowest BCUT2D eigenvalue weighted by atomic mass is 10.1. The van der Waals surface area contributed by atoms with Crippen LogP contribution in [-0.2, 0) is 11.2 Å². The lowest BCUT2D eigenvalue weighted by Gasteiger charge is -2.10. The Bertz CT molecular complexity index is 720. The highest BCUT2D eigenvalue weighted by molar-refractivity contribution is 6.01. The summed E-state index contributed by atoms with van der Waals surface area (Å²) in [6.07, 6.45) is 5.18. The minimum Gasteiger partial charge on any atom is -0.493 e. The summed E-state index contributed by atoms with van der Waals surface area (Å²) in [7, 11) is 1.61. The van der Waals surface area contributed by atoms with Gasteiger partial charge in [0.15, 0.2) is 11.5 Å². The highest BCUT2D eigenvalue weighted by Crippen LogP contribution is 2.28. The quantitative estimate of drug-likeness (QED) is 0.709. The molecule has 0 unspecified atom stereocenters. The predicted octanol–water partition coefficient (Wildman–Crippen LogP) is 4.70. The van der Waals surface area contributed by atoms with E-state index in [2.05, 4.69) is 19.2 Å². The molecule has 0 fully saturated rings. The van der Waals surface area contributed by atoms with Crippen LogP contribution in [0.5, 0.6) is 11.5 Å². The number of aryl methyl sites for hydroxylation is 1. The number of carbonyl (C=O) groups excluding carboxylic acids is 1. The van der Waals surface area contributed by atoms with Crippen LogP contribution < -0.4 is 14.8 Å². The highest BCUT2D eigenvalue weighted by atomic mass is 16.5. The summed E-state index contributed by atoms with van der Waals surface area (Å²) in [5, 5.41) is 2.85. The summed E-state index contributed by atoms with van der Waals surface area (Å²) in [5.41, 5.74) is 2.90. The van der Waals surface area contributed by atoms with Crippen LogP contribution in [0.2, 0.25) is 0 Å². The maximum Gasteiger partial charge on any atom is 0.248 e. The van der Waals surface area contributed by atoms with E-state index in [9.17, 15) is 4.79 Å². The monoisotopic (exact) mass is 339 g/mol. The molecule has 4 nitrogen and oxygen atoms in total. The molecule has 2 rings (SSSR count). The fraction of sp³-hybridized carbons (Fsp3) is 0.286. The zero-order valence-electron chi connectivity index (χ0n) is 15.0. The third-order valence-electron chi connectivity index (χ3n) is 3.71. The van der Waals surface area contributed by atoms with Crippen LogP contribution in [0, 0.1) is 0 Å². The lowest BCUT2D eigenvalue weighted by molar-refractivity contribution is -0.111. The number of amides is 1. The molecular formula is C21H25NO3. The Kier molecular flexibility index (Phi) is 7.08. The highest BCUT2D eigenvalue weighted by Gasteiger charge is 2.05. The normalized spacial score (nSPS) is 10.7. The molecule has 132 valence electrons. The van der Waals surface area contributed by atoms with Crippen molar-refractivity contribution in [3.63, 3.8) is 0 Å². The molecule has 0 aromatic heterocycles. The maximum atomic E-state index is 12.0. The molecule has 0 saturated heterocycles. The van der Waals surface area contributed by atoms with Crippen LogP contribution in [0.1, 0.15) is 31.4 Å². The van der Waals surface area contributed by atoms with Gasteiger partial charge in [0, 0.05) is 11.8 Å². The molecule has 0 bridgehead atoms. The third kappa shape index (κ3) is 5.68. The molecule has 0 spiro atoms. The predicted molar refractivity (Wildman–Crippen MR) is 102 cm³/mol. The Hall–Kier alpha value is -2.75. The van der Waals surface area contributed by atoms with Gasteiger partial charge in [-0.05, 0) is 54.3 Å². The minimum absolute atomic E-state index is 0.172. The van der Waals surface area contributed by atoms with Gasteiger partial charge in [-0.2, -0.15) is 0 Å². The molecule has 0 saturated carbocycles. The van der Waals surface area contributed by atoms with Gasteiger partial charge >= 0.3 is 0 Å². The Labute approximate surface area is 149 Å². The smallest absolute Gasteiger partial charge is 0.248 e. The van der Waals surface area contributed by atoms with Crippen molar-refractivity contribution in [3.8, 4) is 11.5 Å². The molecular weight excluding hydrogens is 314 g/mol. The molecule has 0 heterocycles. The number of carbonyl (C=O) groups is 1. The van der Waals surface area contributed by atoms with Gasteiger partial charge in [-0.15, -0.1) is 0 Å². The number of nitrogens with one attached hydrogen (secondary N) is 1. The second-order valence-corrected chi connectivity index (χ2v) is 5.63. The van der Waals surface area contributed by atoms with Crippen molar-refractivity contribution < 1.29 is 14.3 Å². The van der Waals surface area contributed by atoms with Crippen LogP contribution >= 0.6 is 0 Å². The molecule has 0 aliphatic carbocycles. The van der Waals surface area contributed by atoms with Gasteiger partial charge in [0.2, 0.25) is 5.91 Å². The number of ether oxygens (including phenoxy) is 2. The van der Waals surface area contributed by atoms with Gasteiger partial charge in [-0.3, -0.25) is 4.79 Å². The van der Waals surface area contributed by atoms with E-state index >= 15 is 0 Å². The van der Waals surface area contributed by atoms with E-state index in [0.29, 0.717) is 18.1 Å². The number of rotatable bonds is 8. The standard InChI is InChI=1S/C21H25NO3/c1-4-14-25-19-12-8-17(15-20(19)24-3)9-13-21(23)22-18-10-6-16(5-2)7-11-18/h6-13,15H,4-5,14H2,1-3H3,(H,22,23). The van der Waals surface area contributed by atoms with Gasteiger partial charge in [-0.1, -0.05) is 32.0 Å². The lowest BCUT2D eigenvalue weighted by Crippen LogP contribution is -2.07. The molecule has 2 aromatic rings. The number of benzene rings is 2. The van der Waals surface area contributed by atoms with Crippen molar-refractivity contribution in [1.29, 1.82) is 0 Å². The van der Waals surface area contributed by atoms with Gasteiger partial charge in [0.1, 0.15) is 0 Å². The number of methoxy groups -OCH3 is 1.